The average molecular weight is 401 g/mol. The minimum Gasteiger partial charge on any atom is -0.491 e. The van der Waals surface area contributed by atoms with Crippen molar-refractivity contribution >= 4 is 33.9 Å². The smallest absolute Gasteiger partial charge is 0.124 e. The maximum Gasteiger partial charge on any atom is 0.124 e. The predicted molar refractivity (Wildman–Crippen MR) is 94.8 cm³/mol. The molecule has 0 aliphatic rings. The molecule has 2 aromatic rings. The molecule has 1 unspecified atom stereocenters. The SMILES string of the molecule is CCNC(c1csc(I)c1)c1ccccc1OC(C)C. The normalized spacial score (nSPS) is 12.7. The van der Waals surface area contributed by atoms with Gasteiger partial charge in [-0.05, 0) is 66.1 Å². The fourth-order valence-corrected chi connectivity index (χ4v) is 3.56. The lowest BCUT2D eigenvalue weighted by Crippen LogP contribution is -2.22. The number of nitrogens with one attached hydrogen (secondary N) is 1. The molecule has 1 heterocycles. The molecule has 0 saturated carbocycles. The van der Waals surface area contributed by atoms with E-state index in [0.717, 1.165) is 12.3 Å². The number of benzene rings is 1. The molecule has 108 valence electrons. The first-order valence-corrected chi connectivity index (χ1v) is 8.80. The minimum absolute atomic E-state index is 0.182. The molecule has 0 bridgehead atoms. The Labute approximate surface area is 138 Å². The van der Waals surface area contributed by atoms with E-state index in [4.69, 9.17) is 4.74 Å². The van der Waals surface area contributed by atoms with Gasteiger partial charge in [-0.25, -0.2) is 0 Å². The third-order valence-electron chi connectivity index (χ3n) is 2.92. The molecule has 1 atom stereocenters. The Kier molecular flexibility index (Phi) is 5.86. The van der Waals surface area contributed by atoms with Crippen LogP contribution in [-0.4, -0.2) is 12.6 Å². The lowest BCUT2D eigenvalue weighted by atomic mass is 10.00. The van der Waals surface area contributed by atoms with E-state index in [9.17, 15) is 0 Å². The Balaban J connectivity index is 2.38. The Morgan fingerprint density at radius 3 is 2.65 bits per heavy atom. The van der Waals surface area contributed by atoms with E-state index in [0.29, 0.717) is 0 Å². The lowest BCUT2D eigenvalue weighted by Gasteiger charge is -2.22. The van der Waals surface area contributed by atoms with Crippen molar-refractivity contribution in [3.8, 4) is 5.75 Å². The zero-order valence-electron chi connectivity index (χ0n) is 12.0. The highest BCUT2D eigenvalue weighted by molar-refractivity contribution is 14.1. The summed E-state index contributed by atoms with van der Waals surface area (Å²) in [7, 11) is 0. The van der Waals surface area contributed by atoms with Crippen LogP contribution in [0.3, 0.4) is 0 Å². The van der Waals surface area contributed by atoms with E-state index in [1.54, 1.807) is 11.3 Å². The van der Waals surface area contributed by atoms with Crippen LogP contribution < -0.4 is 10.1 Å². The number of rotatable bonds is 6. The van der Waals surface area contributed by atoms with Crippen LogP contribution in [0.25, 0.3) is 0 Å². The summed E-state index contributed by atoms with van der Waals surface area (Å²) in [4.78, 5) is 0. The number of halogens is 1. The summed E-state index contributed by atoms with van der Waals surface area (Å²) >= 11 is 4.15. The van der Waals surface area contributed by atoms with Gasteiger partial charge in [-0.3, -0.25) is 0 Å². The van der Waals surface area contributed by atoms with Crippen LogP contribution in [0.5, 0.6) is 5.75 Å². The topological polar surface area (TPSA) is 21.3 Å². The Hall–Kier alpha value is -0.590. The first kappa shape index (κ1) is 15.8. The third kappa shape index (κ3) is 3.96. The van der Waals surface area contributed by atoms with Crippen molar-refractivity contribution in [2.45, 2.75) is 32.9 Å². The number of hydrogen-bond acceptors (Lipinski definition) is 3. The van der Waals surface area contributed by atoms with Gasteiger partial charge in [0.2, 0.25) is 0 Å². The first-order valence-electron chi connectivity index (χ1n) is 6.84. The van der Waals surface area contributed by atoms with E-state index in [1.165, 1.54) is 14.0 Å². The van der Waals surface area contributed by atoms with Gasteiger partial charge in [-0.2, -0.15) is 0 Å². The number of thiophene rings is 1. The van der Waals surface area contributed by atoms with E-state index >= 15 is 0 Å². The first-order chi connectivity index (χ1) is 9.61. The average Bonchev–Trinajstić information content (AvgIpc) is 2.83. The van der Waals surface area contributed by atoms with Crippen molar-refractivity contribution in [1.82, 2.24) is 5.32 Å². The maximum atomic E-state index is 5.96. The molecule has 0 spiro atoms. The van der Waals surface area contributed by atoms with Crippen molar-refractivity contribution < 1.29 is 4.74 Å². The highest BCUT2D eigenvalue weighted by Crippen LogP contribution is 2.33. The molecule has 0 saturated heterocycles. The van der Waals surface area contributed by atoms with Gasteiger partial charge in [-0.15, -0.1) is 11.3 Å². The quantitative estimate of drug-likeness (QED) is 0.700. The molecule has 0 aliphatic carbocycles. The zero-order valence-corrected chi connectivity index (χ0v) is 15.0. The molecule has 1 aromatic heterocycles. The van der Waals surface area contributed by atoms with Crippen molar-refractivity contribution in [3.63, 3.8) is 0 Å². The fourth-order valence-electron chi connectivity index (χ4n) is 2.17. The Morgan fingerprint density at radius 1 is 1.30 bits per heavy atom. The van der Waals surface area contributed by atoms with Crippen LogP contribution in [0.15, 0.2) is 35.7 Å². The molecule has 0 radical (unpaired) electrons. The minimum atomic E-state index is 0.182. The second-order valence-corrected chi connectivity index (χ2v) is 7.68. The predicted octanol–water partition coefficient (Wildman–Crippen LogP) is 4.84. The van der Waals surface area contributed by atoms with Crippen molar-refractivity contribution in [2.75, 3.05) is 6.54 Å². The van der Waals surface area contributed by atoms with Crippen LogP contribution >= 0.6 is 33.9 Å². The summed E-state index contributed by atoms with van der Waals surface area (Å²) in [5, 5.41) is 5.79. The van der Waals surface area contributed by atoms with Gasteiger partial charge in [0.1, 0.15) is 5.75 Å². The summed E-state index contributed by atoms with van der Waals surface area (Å²) in [6, 6.07) is 10.7. The molecule has 0 amide bonds. The van der Waals surface area contributed by atoms with Crippen LogP contribution in [0.2, 0.25) is 0 Å². The molecule has 0 aliphatic heterocycles. The third-order valence-corrected chi connectivity index (χ3v) is 4.73. The van der Waals surface area contributed by atoms with Crippen LogP contribution in [0.4, 0.5) is 0 Å². The Bertz CT molecular complexity index is 553. The standard InChI is InChI=1S/C16H20INOS/c1-4-18-16(12-9-15(17)20-10-12)13-7-5-6-8-14(13)19-11(2)3/h5-11,16,18H,4H2,1-3H3. The zero-order chi connectivity index (χ0) is 14.5. The summed E-state index contributed by atoms with van der Waals surface area (Å²) < 4.78 is 7.27. The van der Waals surface area contributed by atoms with Gasteiger partial charge >= 0.3 is 0 Å². The molecular formula is C16H20INOS. The fraction of sp³-hybridized carbons (Fsp3) is 0.375. The second kappa shape index (κ2) is 7.43. The Morgan fingerprint density at radius 2 is 2.05 bits per heavy atom. The molecule has 0 fully saturated rings. The summed E-state index contributed by atoms with van der Waals surface area (Å²) in [5.74, 6) is 0.967. The highest BCUT2D eigenvalue weighted by Gasteiger charge is 2.18. The molecule has 4 heteroatoms. The molecule has 2 rings (SSSR count). The maximum absolute atomic E-state index is 5.96. The monoisotopic (exact) mass is 401 g/mol. The van der Waals surface area contributed by atoms with Gasteiger partial charge < -0.3 is 10.1 Å². The lowest BCUT2D eigenvalue weighted by molar-refractivity contribution is 0.238. The van der Waals surface area contributed by atoms with Gasteiger partial charge in [0, 0.05) is 5.56 Å². The van der Waals surface area contributed by atoms with E-state index in [1.807, 2.05) is 6.07 Å². The van der Waals surface area contributed by atoms with Crippen molar-refractivity contribution in [1.29, 1.82) is 0 Å². The number of ether oxygens (including phenoxy) is 1. The second-order valence-electron chi connectivity index (χ2n) is 4.88. The highest BCUT2D eigenvalue weighted by atomic mass is 127. The van der Waals surface area contributed by atoms with E-state index in [2.05, 4.69) is 78.3 Å². The number of para-hydroxylation sites is 1. The van der Waals surface area contributed by atoms with Crippen LogP contribution in [0.1, 0.15) is 37.9 Å². The number of hydrogen-bond donors (Lipinski definition) is 1. The van der Waals surface area contributed by atoms with Gasteiger partial charge in [0.15, 0.2) is 0 Å². The molecule has 1 aromatic carbocycles. The van der Waals surface area contributed by atoms with Gasteiger partial charge in [0.25, 0.3) is 0 Å². The molecule has 20 heavy (non-hydrogen) atoms. The summed E-state index contributed by atoms with van der Waals surface area (Å²) in [5.41, 5.74) is 2.51. The van der Waals surface area contributed by atoms with Crippen molar-refractivity contribution in [2.24, 2.45) is 0 Å². The van der Waals surface area contributed by atoms with Gasteiger partial charge in [-0.1, -0.05) is 25.1 Å². The van der Waals surface area contributed by atoms with Crippen molar-refractivity contribution in [3.05, 3.63) is 49.7 Å². The van der Waals surface area contributed by atoms with E-state index in [-0.39, 0.29) is 12.1 Å². The largest absolute Gasteiger partial charge is 0.491 e. The molecule has 2 nitrogen and oxygen atoms in total. The molecule has 1 N–H and O–H groups in total. The van der Waals surface area contributed by atoms with Gasteiger partial charge in [0.05, 0.1) is 15.0 Å². The summed E-state index contributed by atoms with van der Waals surface area (Å²) in [6.45, 7) is 7.18. The van der Waals surface area contributed by atoms with Crippen LogP contribution in [-0.2, 0) is 0 Å². The van der Waals surface area contributed by atoms with E-state index < -0.39 is 0 Å². The molecular weight excluding hydrogens is 381 g/mol. The van der Waals surface area contributed by atoms with Crippen LogP contribution in [0, 0.1) is 2.88 Å². The summed E-state index contributed by atoms with van der Waals surface area (Å²) in [6.07, 6.45) is 0.182.